The maximum Gasteiger partial charge on any atom is 0.240 e. The molecule has 0 saturated carbocycles. The number of nitrogens with zero attached hydrogens (tertiary/aromatic N) is 1. The largest absolute Gasteiger partial charge is 0.489 e. The van der Waals surface area contributed by atoms with Crippen LogP contribution in [-0.4, -0.2) is 12.7 Å². The minimum atomic E-state index is 0.438. The molecule has 0 aliphatic rings. The van der Waals surface area contributed by atoms with Crippen molar-refractivity contribution in [1.29, 1.82) is 0 Å². The summed E-state index contributed by atoms with van der Waals surface area (Å²) in [5, 5.41) is 0. The lowest BCUT2D eigenvalue weighted by atomic mass is 10.2. The van der Waals surface area contributed by atoms with Crippen LogP contribution in [0.15, 0.2) is 35.8 Å². The van der Waals surface area contributed by atoms with Gasteiger partial charge in [-0.1, -0.05) is 18.7 Å². The summed E-state index contributed by atoms with van der Waals surface area (Å²) < 4.78 is 5.29. The molecule has 0 amide bonds. The predicted octanol–water partition coefficient (Wildman–Crippen LogP) is 2.53. The Morgan fingerprint density at radius 1 is 1.64 bits per heavy atom. The van der Waals surface area contributed by atoms with E-state index in [0.29, 0.717) is 18.0 Å². The molecule has 1 aromatic rings. The number of aryl methyl sites for hydroxylation is 1. The second-order valence-electron chi connectivity index (χ2n) is 2.75. The van der Waals surface area contributed by atoms with Gasteiger partial charge < -0.3 is 4.74 Å². The molecule has 0 aromatic heterocycles. The van der Waals surface area contributed by atoms with Crippen molar-refractivity contribution in [2.75, 3.05) is 6.61 Å². The van der Waals surface area contributed by atoms with E-state index in [2.05, 4.69) is 11.6 Å². The third kappa shape index (κ3) is 2.57. The smallest absolute Gasteiger partial charge is 0.240 e. The summed E-state index contributed by atoms with van der Waals surface area (Å²) >= 11 is 0. The van der Waals surface area contributed by atoms with E-state index in [0.717, 1.165) is 5.56 Å². The van der Waals surface area contributed by atoms with Crippen LogP contribution >= 0.6 is 0 Å². The maximum absolute atomic E-state index is 10.1. The zero-order valence-electron chi connectivity index (χ0n) is 7.99. The number of hydrogen-bond donors (Lipinski definition) is 0. The lowest BCUT2D eigenvalue weighted by molar-refractivity contribution is 0.363. The van der Waals surface area contributed by atoms with Crippen molar-refractivity contribution in [3.05, 3.63) is 36.4 Å². The molecule has 3 heteroatoms. The van der Waals surface area contributed by atoms with E-state index < -0.39 is 0 Å². The molecule has 1 rings (SSSR count). The molecule has 14 heavy (non-hydrogen) atoms. The van der Waals surface area contributed by atoms with Crippen LogP contribution in [0.2, 0.25) is 0 Å². The third-order valence-electron chi connectivity index (χ3n) is 1.71. The van der Waals surface area contributed by atoms with Gasteiger partial charge in [0.2, 0.25) is 6.08 Å². The van der Waals surface area contributed by atoms with Crippen LogP contribution in [-0.2, 0) is 4.79 Å². The summed E-state index contributed by atoms with van der Waals surface area (Å²) in [7, 11) is 0. The summed E-state index contributed by atoms with van der Waals surface area (Å²) in [4.78, 5) is 13.7. The Labute approximate surface area is 82.7 Å². The lowest BCUT2D eigenvalue weighted by Crippen LogP contribution is -1.92. The minimum absolute atomic E-state index is 0.438. The minimum Gasteiger partial charge on any atom is -0.489 e. The van der Waals surface area contributed by atoms with Crippen molar-refractivity contribution < 1.29 is 9.53 Å². The fraction of sp³-hybridized carbons (Fsp3) is 0.182. The summed E-state index contributed by atoms with van der Waals surface area (Å²) in [5.74, 6) is 0.671. The number of hydrogen-bond acceptors (Lipinski definition) is 3. The van der Waals surface area contributed by atoms with Crippen LogP contribution in [0.25, 0.3) is 0 Å². The first-order chi connectivity index (χ1) is 6.77. The van der Waals surface area contributed by atoms with Crippen molar-refractivity contribution >= 4 is 11.8 Å². The highest BCUT2D eigenvalue weighted by Gasteiger charge is 1.99. The lowest BCUT2D eigenvalue weighted by Gasteiger charge is -2.04. The first-order valence-corrected chi connectivity index (χ1v) is 4.20. The van der Waals surface area contributed by atoms with Crippen LogP contribution in [0.5, 0.6) is 5.75 Å². The third-order valence-corrected chi connectivity index (χ3v) is 1.71. The zero-order valence-corrected chi connectivity index (χ0v) is 7.99. The van der Waals surface area contributed by atoms with Crippen LogP contribution in [0.1, 0.15) is 5.56 Å². The van der Waals surface area contributed by atoms with Gasteiger partial charge in [0.15, 0.2) is 0 Å². The van der Waals surface area contributed by atoms with E-state index in [1.54, 1.807) is 12.1 Å². The molecule has 3 nitrogen and oxygen atoms in total. The monoisotopic (exact) mass is 189 g/mol. The highest BCUT2D eigenvalue weighted by atomic mass is 16.5. The van der Waals surface area contributed by atoms with Crippen molar-refractivity contribution in [2.45, 2.75) is 6.92 Å². The molecular weight excluding hydrogens is 178 g/mol. The Hall–Kier alpha value is -1.86. The van der Waals surface area contributed by atoms with Gasteiger partial charge in [0.25, 0.3) is 0 Å². The number of aliphatic imine (C=N–C) groups is 1. The normalized spacial score (nSPS) is 8.93. The number of isocyanates is 1. The summed E-state index contributed by atoms with van der Waals surface area (Å²) in [5.41, 5.74) is 1.50. The molecule has 0 atom stereocenters. The molecule has 0 N–H and O–H groups in total. The molecule has 0 spiro atoms. The van der Waals surface area contributed by atoms with Crippen molar-refractivity contribution in [1.82, 2.24) is 0 Å². The second kappa shape index (κ2) is 5.00. The summed E-state index contributed by atoms with van der Waals surface area (Å²) in [6.45, 7) is 5.85. The number of rotatable bonds is 4. The highest BCUT2D eigenvalue weighted by molar-refractivity contribution is 5.56. The Morgan fingerprint density at radius 2 is 2.43 bits per heavy atom. The van der Waals surface area contributed by atoms with Gasteiger partial charge in [-0.15, -0.1) is 0 Å². The number of carbonyl (C=O) groups excluding carboxylic acids is 1. The number of benzene rings is 1. The first kappa shape index (κ1) is 10.2. The van der Waals surface area contributed by atoms with Gasteiger partial charge in [-0.25, -0.2) is 4.79 Å². The van der Waals surface area contributed by atoms with Crippen molar-refractivity contribution in [3.8, 4) is 5.75 Å². The van der Waals surface area contributed by atoms with Crippen LogP contribution in [0, 0.1) is 6.92 Å². The Bertz CT molecular complexity index is 379. The fourth-order valence-electron chi connectivity index (χ4n) is 1.00. The molecule has 0 aliphatic carbocycles. The van der Waals surface area contributed by atoms with Gasteiger partial charge in [-0.3, -0.25) is 0 Å². The average molecular weight is 189 g/mol. The highest BCUT2D eigenvalue weighted by Crippen LogP contribution is 2.23. The van der Waals surface area contributed by atoms with E-state index in [4.69, 9.17) is 4.74 Å². The average Bonchev–Trinajstić information content (AvgIpc) is 2.19. The van der Waals surface area contributed by atoms with E-state index in [9.17, 15) is 4.79 Å². The SMILES string of the molecule is C=CCOc1ccc(C)c(N=C=O)c1. The van der Waals surface area contributed by atoms with Crippen molar-refractivity contribution in [3.63, 3.8) is 0 Å². The van der Waals surface area contributed by atoms with Gasteiger partial charge in [0.05, 0.1) is 5.69 Å². The molecule has 0 radical (unpaired) electrons. The topological polar surface area (TPSA) is 38.7 Å². The number of ether oxygens (including phenoxy) is 1. The first-order valence-electron chi connectivity index (χ1n) is 4.20. The summed E-state index contributed by atoms with van der Waals surface area (Å²) in [6.07, 6.45) is 3.16. The van der Waals surface area contributed by atoms with E-state index >= 15 is 0 Å². The van der Waals surface area contributed by atoms with E-state index in [1.807, 2.05) is 19.1 Å². The molecule has 0 saturated heterocycles. The standard InChI is InChI=1S/C11H11NO2/c1-3-6-14-10-5-4-9(2)11(7-10)12-8-13/h3-5,7H,1,6H2,2H3. The zero-order chi connectivity index (χ0) is 10.4. The van der Waals surface area contributed by atoms with Crippen LogP contribution in [0.3, 0.4) is 0 Å². The molecule has 0 heterocycles. The van der Waals surface area contributed by atoms with Gasteiger partial charge in [-0.2, -0.15) is 4.99 Å². The summed E-state index contributed by atoms with van der Waals surface area (Å²) in [6, 6.07) is 5.36. The Kier molecular flexibility index (Phi) is 3.65. The molecule has 72 valence electrons. The van der Waals surface area contributed by atoms with Crippen LogP contribution < -0.4 is 4.74 Å². The predicted molar refractivity (Wildman–Crippen MR) is 54.7 cm³/mol. The van der Waals surface area contributed by atoms with E-state index in [1.165, 1.54) is 6.08 Å². The van der Waals surface area contributed by atoms with E-state index in [-0.39, 0.29) is 0 Å². The quantitative estimate of drug-likeness (QED) is 0.414. The molecule has 0 aliphatic heterocycles. The molecule has 0 fully saturated rings. The molecule has 0 bridgehead atoms. The molecule has 1 aromatic carbocycles. The second-order valence-corrected chi connectivity index (χ2v) is 2.75. The molecular formula is C11H11NO2. The Morgan fingerprint density at radius 3 is 3.07 bits per heavy atom. The van der Waals surface area contributed by atoms with Crippen molar-refractivity contribution in [2.24, 2.45) is 4.99 Å². The fourth-order valence-corrected chi connectivity index (χ4v) is 1.00. The van der Waals surface area contributed by atoms with Gasteiger partial charge in [0, 0.05) is 6.07 Å². The van der Waals surface area contributed by atoms with Gasteiger partial charge in [0.1, 0.15) is 12.4 Å². The Balaban J connectivity index is 2.93. The van der Waals surface area contributed by atoms with Gasteiger partial charge >= 0.3 is 0 Å². The van der Waals surface area contributed by atoms with Gasteiger partial charge in [-0.05, 0) is 18.6 Å². The van der Waals surface area contributed by atoms with Crippen LogP contribution in [0.4, 0.5) is 5.69 Å². The molecule has 0 unspecified atom stereocenters. The maximum atomic E-state index is 10.1.